The monoisotopic (exact) mass is 420 g/mol. The van der Waals surface area contributed by atoms with Crippen LogP contribution >= 0.6 is 27.5 Å². The van der Waals surface area contributed by atoms with E-state index in [1.165, 1.54) is 0 Å². The molecule has 0 saturated carbocycles. The number of rotatable bonds is 3. The fraction of sp³-hybridized carbons (Fsp3) is 0.111. The topological polar surface area (TPSA) is 71.3 Å². The SMILES string of the molecule is Cc1c(C(=O)NNC(=O)Cc2ccc(Cl)cc2)oc2ccc(Br)cc12. The molecule has 0 bridgehead atoms. The first-order valence-corrected chi connectivity index (χ1v) is 8.63. The summed E-state index contributed by atoms with van der Waals surface area (Å²) >= 11 is 9.20. The summed E-state index contributed by atoms with van der Waals surface area (Å²) in [4.78, 5) is 24.2. The molecule has 0 aliphatic heterocycles. The molecule has 0 aliphatic carbocycles. The molecule has 25 heavy (non-hydrogen) atoms. The van der Waals surface area contributed by atoms with E-state index >= 15 is 0 Å². The molecule has 0 spiro atoms. The third-order valence-corrected chi connectivity index (χ3v) is 4.44. The molecule has 0 radical (unpaired) electrons. The van der Waals surface area contributed by atoms with Crippen LogP contribution in [0.3, 0.4) is 0 Å². The van der Waals surface area contributed by atoms with Crippen molar-refractivity contribution in [2.45, 2.75) is 13.3 Å². The molecule has 0 unspecified atom stereocenters. The number of hydrogen-bond acceptors (Lipinski definition) is 3. The standard InChI is InChI=1S/C18H14BrClN2O3/c1-10-14-9-12(19)4-7-15(14)25-17(10)18(24)22-21-16(23)8-11-2-5-13(20)6-3-11/h2-7,9H,8H2,1H3,(H,21,23)(H,22,24). The second-order valence-corrected chi connectivity index (χ2v) is 6.85. The summed E-state index contributed by atoms with van der Waals surface area (Å²) in [7, 11) is 0. The molecule has 128 valence electrons. The van der Waals surface area contributed by atoms with E-state index in [0.29, 0.717) is 16.2 Å². The van der Waals surface area contributed by atoms with Gasteiger partial charge in [0, 0.05) is 20.4 Å². The zero-order chi connectivity index (χ0) is 18.0. The molecule has 1 aromatic heterocycles. The number of carbonyl (C=O) groups is 2. The normalized spacial score (nSPS) is 10.7. The fourth-order valence-corrected chi connectivity index (χ4v) is 2.91. The third kappa shape index (κ3) is 4.03. The molecule has 2 aromatic carbocycles. The van der Waals surface area contributed by atoms with Crippen LogP contribution in [0.25, 0.3) is 11.0 Å². The third-order valence-electron chi connectivity index (χ3n) is 3.70. The minimum Gasteiger partial charge on any atom is -0.451 e. The number of hydrazine groups is 1. The molecule has 0 aliphatic rings. The Balaban J connectivity index is 1.65. The first-order valence-electron chi connectivity index (χ1n) is 7.46. The van der Waals surface area contributed by atoms with Crippen molar-refractivity contribution in [2.75, 3.05) is 0 Å². The summed E-state index contributed by atoms with van der Waals surface area (Å²) in [5.41, 5.74) is 6.87. The minimum atomic E-state index is -0.505. The number of aryl methyl sites for hydroxylation is 1. The van der Waals surface area contributed by atoms with Gasteiger partial charge >= 0.3 is 5.91 Å². The second-order valence-electron chi connectivity index (χ2n) is 5.50. The Bertz CT molecular complexity index is 951. The highest BCUT2D eigenvalue weighted by molar-refractivity contribution is 9.10. The molecule has 2 N–H and O–H groups in total. The first-order chi connectivity index (χ1) is 11.9. The van der Waals surface area contributed by atoms with Crippen LogP contribution < -0.4 is 10.9 Å². The van der Waals surface area contributed by atoms with Crippen molar-refractivity contribution in [1.29, 1.82) is 0 Å². The van der Waals surface area contributed by atoms with Crippen molar-refractivity contribution < 1.29 is 14.0 Å². The Morgan fingerprint density at radius 1 is 1.12 bits per heavy atom. The van der Waals surface area contributed by atoms with Crippen LogP contribution in [-0.2, 0) is 11.2 Å². The molecule has 0 atom stereocenters. The average molecular weight is 422 g/mol. The zero-order valence-corrected chi connectivity index (χ0v) is 15.6. The van der Waals surface area contributed by atoms with Gasteiger partial charge < -0.3 is 4.42 Å². The molecular weight excluding hydrogens is 408 g/mol. The van der Waals surface area contributed by atoms with Crippen LogP contribution in [0.4, 0.5) is 0 Å². The smallest absolute Gasteiger partial charge is 0.305 e. The Kier molecular flexibility index (Phi) is 5.11. The fourth-order valence-electron chi connectivity index (χ4n) is 2.42. The molecule has 2 amide bonds. The Labute approximate surface area is 157 Å². The number of carbonyl (C=O) groups excluding carboxylic acids is 2. The van der Waals surface area contributed by atoms with Crippen LogP contribution in [0.1, 0.15) is 21.7 Å². The predicted molar refractivity (Wildman–Crippen MR) is 99.4 cm³/mol. The molecule has 0 fully saturated rings. The second kappa shape index (κ2) is 7.29. The lowest BCUT2D eigenvalue weighted by atomic mass is 10.1. The number of fused-ring (bicyclic) bond motifs is 1. The summed E-state index contributed by atoms with van der Waals surface area (Å²) in [6.07, 6.45) is 0.128. The van der Waals surface area contributed by atoms with Gasteiger partial charge in [0.15, 0.2) is 5.76 Å². The van der Waals surface area contributed by atoms with Crippen LogP contribution in [-0.4, -0.2) is 11.8 Å². The van der Waals surface area contributed by atoms with Gasteiger partial charge in [0.1, 0.15) is 5.58 Å². The number of furan rings is 1. The lowest BCUT2D eigenvalue weighted by Crippen LogP contribution is -2.42. The van der Waals surface area contributed by atoms with Gasteiger partial charge in [0.05, 0.1) is 6.42 Å². The maximum Gasteiger partial charge on any atom is 0.305 e. The van der Waals surface area contributed by atoms with Crippen molar-refractivity contribution >= 4 is 50.3 Å². The van der Waals surface area contributed by atoms with E-state index in [2.05, 4.69) is 26.8 Å². The van der Waals surface area contributed by atoms with Crippen LogP contribution in [0.5, 0.6) is 0 Å². The van der Waals surface area contributed by atoms with E-state index < -0.39 is 5.91 Å². The Hall–Kier alpha value is -2.31. The van der Waals surface area contributed by atoms with Crippen molar-refractivity contribution in [3.63, 3.8) is 0 Å². The van der Waals surface area contributed by atoms with E-state index in [-0.39, 0.29) is 18.1 Å². The summed E-state index contributed by atoms with van der Waals surface area (Å²) in [5.74, 6) is -0.679. The first kappa shape index (κ1) is 17.5. The quantitative estimate of drug-likeness (QED) is 0.624. The van der Waals surface area contributed by atoms with E-state index in [1.54, 1.807) is 37.3 Å². The highest BCUT2D eigenvalue weighted by Gasteiger charge is 2.18. The van der Waals surface area contributed by atoms with Crippen molar-refractivity contribution in [1.82, 2.24) is 10.9 Å². The molecule has 7 heteroatoms. The summed E-state index contributed by atoms with van der Waals surface area (Å²) in [6.45, 7) is 1.79. The summed E-state index contributed by atoms with van der Waals surface area (Å²) in [5, 5.41) is 1.44. The van der Waals surface area contributed by atoms with Gasteiger partial charge in [-0.3, -0.25) is 20.4 Å². The van der Waals surface area contributed by atoms with Gasteiger partial charge in [-0.05, 0) is 42.8 Å². The minimum absolute atomic E-state index is 0.128. The number of halogens is 2. The molecule has 0 saturated heterocycles. The molecular formula is C18H14BrClN2O3. The predicted octanol–water partition coefficient (Wildman–Crippen LogP) is 4.16. The maximum absolute atomic E-state index is 12.3. The van der Waals surface area contributed by atoms with Gasteiger partial charge in [0.25, 0.3) is 0 Å². The van der Waals surface area contributed by atoms with Gasteiger partial charge in [0.2, 0.25) is 5.91 Å². The van der Waals surface area contributed by atoms with Crippen LogP contribution in [0.2, 0.25) is 5.02 Å². The summed E-state index contributed by atoms with van der Waals surface area (Å²) < 4.78 is 6.48. The van der Waals surface area contributed by atoms with Gasteiger partial charge in [-0.25, -0.2) is 0 Å². The van der Waals surface area contributed by atoms with E-state index in [1.807, 2.05) is 12.1 Å². The van der Waals surface area contributed by atoms with Gasteiger partial charge in [-0.15, -0.1) is 0 Å². The maximum atomic E-state index is 12.3. The largest absolute Gasteiger partial charge is 0.451 e. The highest BCUT2D eigenvalue weighted by atomic mass is 79.9. The van der Waals surface area contributed by atoms with E-state index in [0.717, 1.165) is 15.4 Å². The molecule has 3 rings (SSSR count). The average Bonchev–Trinajstić information content (AvgIpc) is 2.91. The number of hydrogen-bond donors (Lipinski definition) is 2. The molecule has 5 nitrogen and oxygen atoms in total. The highest BCUT2D eigenvalue weighted by Crippen LogP contribution is 2.27. The molecule has 1 heterocycles. The lowest BCUT2D eigenvalue weighted by molar-refractivity contribution is -0.121. The van der Waals surface area contributed by atoms with Gasteiger partial charge in [-0.1, -0.05) is 39.7 Å². The Morgan fingerprint density at radius 2 is 1.84 bits per heavy atom. The van der Waals surface area contributed by atoms with Crippen LogP contribution in [0, 0.1) is 6.92 Å². The number of amides is 2. The van der Waals surface area contributed by atoms with Crippen molar-refractivity contribution in [3.8, 4) is 0 Å². The van der Waals surface area contributed by atoms with E-state index in [9.17, 15) is 9.59 Å². The van der Waals surface area contributed by atoms with E-state index in [4.69, 9.17) is 16.0 Å². The van der Waals surface area contributed by atoms with Gasteiger partial charge in [-0.2, -0.15) is 0 Å². The summed E-state index contributed by atoms with van der Waals surface area (Å²) in [6, 6.07) is 12.4. The Morgan fingerprint density at radius 3 is 2.56 bits per heavy atom. The van der Waals surface area contributed by atoms with Crippen LogP contribution in [0.15, 0.2) is 51.4 Å². The van der Waals surface area contributed by atoms with Crippen molar-refractivity contribution in [3.05, 3.63) is 68.8 Å². The number of nitrogens with one attached hydrogen (secondary N) is 2. The number of benzene rings is 2. The lowest BCUT2D eigenvalue weighted by Gasteiger charge is -2.06. The van der Waals surface area contributed by atoms with Crippen molar-refractivity contribution in [2.24, 2.45) is 0 Å². The zero-order valence-electron chi connectivity index (χ0n) is 13.2. The molecule has 3 aromatic rings.